The first kappa shape index (κ1) is 16.2. The molecular formula is C17H30N2. The van der Waals surface area contributed by atoms with Crippen LogP contribution in [0.3, 0.4) is 0 Å². The summed E-state index contributed by atoms with van der Waals surface area (Å²) in [6, 6.07) is 7.82. The molecule has 19 heavy (non-hydrogen) atoms. The predicted molar refractivity (Wildman–Crippen MR) is 84.7 cm³/mol. The maximum absolute atomic E-state index is 3.48. The maximum atomic E-state index is 3.48. The van der Waals surface area contributed by atoms with Crippen molar-refractivity contribution >= 4 is 0 Å². The molecule has 0 aliphatic carbocycles. The molecule has 0 saturated heterocycles. The molecule has 1 N–H and O–H groups in total. The van der Waals surface area contributed by atoms with Gasteiger partial charge in [-0.25, -0.2) is 0 Å². The molecule has 108 valence electrons. The number of nitrogens with zero attached hydrogens (tertiary/aromatic N) is 1. The lowest BCUT2D eigenvalue weighted by Gasteiger charge is -2.31. The fourth-order valence-corrected chi connectivity index (χ4v) is 2.68. The summed E-state index contributed by atoms with van der Waals surface area (Å²) in [7, 11) is 2.06. The van der Waals surface area contributed by atoms with Gasteiger partial charge in [0.05, 0.1) is 0 Å². The number of likely N-dealkylation sites (N-methyl/N-ethyl adjacent to an activating group) is 2. The van der Waals surface area contributed by atoms with Gasteiger partial charge in [-0.1, -0.05) is 37.6 Å². The van der Waals surface area contributed by atoms with Crippen LogP contribution in [0.25, 0.3) is 0 Å². The first-order valence-electron chi connectivity index (χ1n) is 7.51. The summed E-state index contributed by atoms with van der Waals surface area (Å²) < 4.78 is 0. The molecule has 0 bridgehead atoms. The van der Waals surface area contributed by atoms with E-state index in [1.54, 1.807) is 0 Å². The molecule has 2 heteroatoms. The van der Waals surface area contributed by atoms with Gasteiger partial charge in [0.1, 0.15) is 0 Å². The lowest BCUT2D eigenvalue weighted by molar-refractivity contribution is 0.194. The molecule has 0 heterocycles. The molecule has 1 aromatic carbocycles. The zero-order valence-electron chi connectivity index (χ0n) is 13.5. The van der Waals surface area contributed by atoms with Crippen LogP contribution in [0.4, 0.5) is 0 Å². The molecule has 2 atom stereocenters. The van der Waals surface area contributed by atoms with E-state index < -0.39 is 0 Å². The number of hydrogen-bond donors (Lipinski definition) is 1. The maximum Gasteiger partial charge on any atom is 0.0449 e. The van der Waals surface area contributed by atoms with Crippen molar-refractivity contribution in [1.29, 1.82) is 0 Å². The van der Waals surface area contributed by atoms with Crippen molar-refractivity contribution < 1.29 is 0 Å². The van der Waals surface area contributed by atoms with E-state index in [0.29, 0.717) is 12.1 Å². The number of benzene rings is 1. The largest absolute Gasteiger partial charge is 0.312 e. The first-order valence-corrected chi connectivity index (χ1v) is 7.51. The van der Waals surface area contributed by atoms with E-state index in [9.17, 15) is 0 Å². The van der Waals surface area contributed by atoms with Crippen LogP contribution in [0.1, 0.15) is 49.9 Å². The molecule has 1 aromatic rings. The van der Waals surface area contributed by atoms with Crippen molar-refractivity contribution in [3.05, 3.63) is 34.9 Å². The molecule has 0 saturated carbocycles. The van der Waals surface area contributed by atoms with Gasteiger partial charge < -0.3 is 5.32 Å². The normalized spacial score (nSPS) is 14.7. The van der Waals surface area contributed by atoms with Crippen molar-refractivity contribution in [2.24, 2.45) is 0 Å². The molecule has 0 aliphatic rings. The number of aryl methyl sites for hydroxylation is 2. The van der Waals surface area contributed by atoms with Gasteiger partial charge in [0.15, 0.2) is 0 Å². The lowest BCUT2D eigenvalue weighted by Crippen LogP contribution is -2.39. The number of hydrogen-bond acceptors (Lipinski definition) is 2. The Morgan fingerprint density at radius 1 is 1.21 bits per heavy atom. The second kappa shape index (κ2) is 7.66. The monoisotopic (exact) mass is 262 g/mol. The van der Waals surface area contributed by atoms with Crippen molar-refractivity contribution in [2.75, 3.05) is 20.1 Å². The smallest absolute Gasteiger partial charge is 0.0449 e. The van der Waals surface area contributed by atoms with Crippen molar-refractivity contribution in [2.45, 2.75) is 53.1 Å². The third-order valence-corrected chi connectivity index (χ3v) is 4.19. The van der Waals surface area contributed by atoms with E-state index >= 15 is 0 Å². The molecule has 2 nitrogen and oxygen atoms in total. The summed E-state index contributed by atoms with van der Waals surface area (Å²) in [5.74, 6) is 0. The highest BCUT2D eigenvalue weighted by Gasteiger charge is 2.18. The average molecular weight is 262 g/mol. The highest BCUT2D eigenvalue weighted by atomic mass is 15.2. The standard InChI is InChI=1S/C17H30N2/c1-7-15(5)19(8-2)12-17(18-6)16-10-9-13(3)11-14(16)4/h9-11,15,17-18H,7-8,12H2,1-6H3. The van der Waals surface area contributed by atoms with E-state index in [2.05, 4.69) is 70.1 Å². The molecule has 0 fully saturated rings. The van der Waals surface area contributed by atoms with E-state index in [4.69, 9.17) is 0 Å². The van der Waals surface area contributed by atoms with Crippen LogP contribution >= 0.6 is 0 Å². The summed E-state index contributed by atoms with van der Waals surface area (Å²) in [6.45, 7) is 13.4. The minimum Gasteiger partial charge on any atom is -0.312 e. The zero-order chi connectivity index (χ0) is 14.4. The van der Waals surface area contributed by atoms with Gasteiger partial charge in [0.25, 0.3) is 0 Å². The quantitative estimate of drug-likeness (QED) is 0.806. The Kier molecular flexibility index (Phi) is 6.53. The molecule has 0 amide bonds. The lowest BCUT2D eigenvalue weighted by atomic mass is 9.98. The zero-order valence-corrected chi connectivity index (χ0v) is 13.5. The Hall–Kier alpha value is -0.860. The molecular weight excluding hydrogens is 232 g/mol. The highest BCUT2D eigenvalue weighted by Crippen LogP contribution is 2.21. The number of nitrogens with one attached hydrogen (secondary N) is 1. The Morgan fingerprint density at radius 2 is 1.89 bits per heavy atom. The van der Waals surface area contributed by atoms with Crippen molar-refractivity contribution in [3.63, 3.8) is 0 Å². The van der Waals surface area contributed by atoms with Crippen LogP contribution in [0.15, 0.2) is 18.2 Å². The van der Waals surface area contributed by atoms with Crippen LogP contribution in [-0.2, 0) is 0 Å². The van der Waals surface area contributed by atoms with Crippen LogP contribution in [0, 0.1) is 13.8 Å². The third-order valence-electron chi connectivity index (χ3n) is 4.19. The van der Waals surface area contributed by atoms with Gasteiger partial charge in [-0.15, -0.1) is 0 Å². The average Bonchev–Trinajstić information content (AvgIpc) is 2.40. The molecule has 2 unspecified atom stereocenters. The van der Waals surface area contributed by atoms with E-state index in [-0.39, 0.29) is 0 Å². The van der Waals surface area contributed by atoms with Crippen molar-refractivity contribution in [3.8, 4) is 0 Å². The van der Waals surface area contributed by atoms with Crippen molar-refractivity contribution in [1.82, 2.24) is 10.2 Å². The summed E-state index contributed by atoms with van der Waals surface area (Å²) in [4.78, 5) is 2.56. The Balaban J connectivity index is 2.87. The van der Waals surface area contributed by atoms with Crippen LogP contribution in [0.2, 0.25) is 0 Å². The summed E-state index contributed by atoms with van der Waals surface area (Å²) in [5, 5.41) is 3.48. The van der Waals surface area contributed by atoms with Crippen LogP contribution in [0.5, 0.6) is 0 Å². The summed E-state index contributed by atoms with van der Waals surface area (Å²) >= 11 is 0. The van der Waals surface area contributed by atoms with Gasteiger partial charge in [0, 0.05) is 18.6 Å². The van der Waals surface area contributed by atoms with Gasteiger partial charge in [-0.2, -0.15) is 0 Å². The fraction of sp³-hybridized carbons (Fsp3) is 0.647. The Morgan fingerprint density at radius 3 is 2.37 bits per heavy atom. The molecule has 0 aliphatic heterocycles. The molecule has 1 rings (SSSR count). The SMILES string of the molecule is CCC(C)N(CC)CC(NC)c1ccc(C)cc1C. The van der Waals surface area contributed by atoms with Crippen LogP contribution < -0.4 is 5.32 Å². The Labute approximate surface area is 119 Å². The highest BCUT2D eigenvalue weighted by molar-refractivity contribution is 5.33. The number of rotatable bonds is 7. The second-order valence-electron chi connectivity index (χ2n) is 5.55. The van der Waals surface area contributed by atoms with Crippen LogP contribution in [-0.4, -0.2) is 31.1 Å². The summed E-state index contributed by atoms with van der Waals surface area (Å²) in [6.07, 6.45) is 1.21. The topological polar surface area (TPSA) is 15.3 Å². The van der Waals surface area contributed by atoms with E-state index in [1.165, 1.54) is 23.1 Å². The van der Waals surface area contributed by atoms with E-state index in [0.717, 1.165) is 13.1 Å². The third kappa shape index (κ3) is 4.32. The predicted octanol–water partition coefficient (Wildman–Crippen LogP) is 3.68. The van der Waals surface area contributed by atoms with Gasteiger partial charge in [-0.3, -0.25) is 4.90 Å². The van der Waals surface area contributed by atoms with E-state index in [1.807, 2.05) is 0 Å². The first-order chi connectivity index (χ1) is 9.03. The minimum absolute atomic E-state index is 0.412. The van der Waals surface area contributed by atoms with Gasteiger partial charge in [0.2, 0.25) is 0 Å². The minimum atomic E-state index is 0.412. The Bertz CT molecular complexity index is 387. The van der Waals surface area contributed by atoms with Gasteiger partial charge >= 0.3 is 0 Å². The molecule has 0 spiro atoms. The fourth-order valence-electron chi connectivity index (χ4n) is 2.68. The molecule has 0 radical (unpaired) electrons. The second-order valence-corrected chi connectivity index (χ2v) is 5.55. The molecule has 0 aromatic heterocycles. The van der Waals surface area contributed by atoms with Gasteiger partial charge in [-0.05, 0) is 51.9 Å². The summed E-state index contributed by atoms with van der Waals surface area (Å²) in [5.41, 5.74) is 4.15.